The second-order valence-corrected chi connectivity index (χ2v) is 17.8. The van der Waals surface area contributed by atoms with Gasteiger partial charge in [-0.15, -0.1) is 0 Å². The normalized spacial score (nSPS) is 33.3. The van der Waals surface area contributed by atoms with Gasteiger partial charge in [-0.25, -0.2) is 0 Å². The second kappa shape index (κ2) is 18.8. The van der Waals surface area contributed by atoms with E-state index in [1.807, 2.05) is 0 Å². The van der Waals surface area contributed by atoms with Crippen molar-refractivity contribution in [1.82, 2.24) is 0 Å². The standard InChI is InChI=1S/C44H76O3/c1-7-8-9-10-11-12-13-15-21-36(45)22-16-14-17-23-42(46)47-37-28-30-43(5)35(32-37)24-25-38-40-27-26-39(34(4)20-18-19-33(2)3)44(40,6)31-29-41(38)43/h13,15,24,33-34,36-41,45H,7-12,14,16-23,25-32H2,1-6H3/b15-13-. The third kappa shape index (κ3) is 10.5. The highest BCUT2D eigenvalue weighted by Crippen LogP contribution is 2.67. The van der Waals surface area contributed by atoms with Gasteiger partial charge in [-0.2, -0.15) is 0 Å². The molecule has 0 bridgehead atoms. The molecule has 47 heavy (non-hydrogen) atoms. The monoisotopic (exact) mass is 653 g/mol. The second-order valence-electron chi connectivity index (χ2n) is 17.8. The van der Waals surface area contributed by atoms with Crippen LogP contribution in [0.15, 0.2) is 23.8 Å². The molecule has 9 unspecified atom stereocenters. The van der Waals surface area contributed by atoms with Crippen LogP contribution in [0.2, 0.25) is 0 Å². The molecule has 0 heterocycles. The Bertz CT molecular complexity index is 996. The Morgan fingerprint density at radius 1 is 0.894 bits per heavy atom. The molecule has 0 aliphatic heterocycles. The van der Waals surface area contributed by atoms with Crippen molar-refractivity contribution in [2.45, 2.75) is 201 Å². The fraction of sp³-hybridized carbons (Fsp3) is 0.886. The van der Waals surface area contributed by atoms with Crippen molar-refractivity contribution >= 4 is 5.97 Å². The van der Waals surface area contributed by atoms with Gasteiger partial charge in [-0.05, 0) is 123 Å². The van der Waals surface area contributed by atoms with Crippen LogP contribution in [0, 0.1) is 46.3 Å². The minimum absolute atomic E-state index is 0.0109. The molecule has 0 amide bonds. The molecule has 0 aromatic heterocycles. The molecular formula is C44H76O3. The summed E-state index contributed by atoms with van der Waals surface area (Å²) in [5.74, 6) is 5.16. The molecular weight excluding hydrogens is 576 g/mol. The Morgan fingerprint density at radius 3 is 2.47 bits per heavy atom. The van der Waals surface area contributed by atoms with E-state index in [1.165, 1.54) is 89.9 Å². The number of allylic oxidation sites excluding steroid dienone is 2. The molecule has 0 aromatic rings. The van der Waals surface area contributed by atoms with Crippen LogP contribution < -0.4 is 0 Å². The average Bonchev–Trinajstić information content (AvgIpc) is 3.39. The fourth-order valence-corrected chi connectivity index (χ4v) is 11.2. The summed E-state index contributed by atoms with van der Waals surface area (Å²) in [4.78, 5) is 12.8. The quantitative estimate of drug-likeness (QED) is 0.0808. The Balaban J connectivity index is 1.15. The van der Waals surface area contributed by atoms with E-state index in [0.29, 0.717) is 17.3 Å². The van der Waals surface area contributed by atoms with Crippen molar-refractivity contribution in [3.05, 3.63) is 23.8 Å². The fourth-order valence-electron chi connectivity index (χ4n) is 11.2. The molecule has 4 aliphatic rings. The zero-order valence-corrected chi connectivity index (χ0v) is 31.9. The first-order valence-corrected chi connectivity index (χ1v) is 20.8. The van der Waals surface area contributed by atoms with E-state index in [0.717, 1.165) is 86.9 Å². The minimum atomic E-state index is -0.255. The number of aliphatic hydroxyl groups is 1. The maximum atomic E-state index is 12.8. The third-order valence-corrected chi connectivity index (χ3v) is 14.0. The lowest BCUT2D eigenvalue weighted by Gasteiger charge is -2.58. The average molecular weight is 653 g/mol. The lowest BCUT2D eigenvalue weighted by Crippen LogP contribution is -2.51. The predicted molar refractivity (Wildman–Crippen MR) is 199 cm³/mol. The molecule has 3 saturated carbocycles. The van der Waals surface area contributed by atoms with E-state index in [1.54, 1.807) is 5.57 Å². The number of carbonyl (C=O) groups excluding carboxylic acids is 1. The van der Waals surface area contributed by atoms with E-state index >= 15 is 0 Å². The number of fused-ring (bicyclic) bond motifs is 5. The van der Waals surface area contributed by atoms with Crippen molar-refractivity contribution in [2.75, 3.05) is 0 Å². The van der Waals surface area contributed by atoms with Crippen LogP contribution in [-0.4, -0.2) is 23.3 Å². The lowest BCUT2D eigenvalue weighted by molar-refractivity contribution is -0.151. The first-order valence-electron chi connectivity index (χ1n) is 20.8. The van der Waals surface area contributed by atoms with Gasteiger partial charge in [0, 0.05) is 12.8 Å². The molecule has 270 valence electrons. The van der Waals surface area contributed by atoms with Crippen LogP contribution in [0.25, 0.3) is 0 Å². The summed E-state index contributed by atoms with van der Waals surface area (Å²) in [5.41, 5.74) is 2.45. The Labute approximate surface area is 291 Å². The summed E-state index contributed by atoms with van der Waals surface area (Å²) >= 11 is 0. The molecule has 3 nitrogen and oxygen atoms in total. The van der Waals surface area contributed by atoms with Crippen LogP contribution in [0.5, 0.6) is 0 Å². The van der Waals surface area contributed by atoms with Crippen molar-refractivity contribution in [1.29, 1.82) is 0 Å². The van der Waals surface area contributed by atoms with Gasteiger partial charge in [0.1, 0.15) is 6.10 Å². The van der Waals surface area contributed by atoms with E-state index in [9.17, 15) is 9.90 Å². The highest BCUT2D eigenvalue weighted by molar-refractivity contribution is 5.69. The summed E-state index contributed by atoms with van der Waals surface area (Å²) in [7, 11) is 0. The van der Waals surface area contributed by atoms with E-state index < -0.39 is 0 Å². The molecule has 3 heteroatoms. The molecule has 0 saturated heterocycles. The summed E-state index contributed by atoms with van der Waals surface area (Å²) in [6, 6.07) is 0. The summed E-state index contributed by atoms with van der Waals surface area (Å²) in [6.45, 7) is 14.8. The highest BCUT2D eigenvalue weighted by atomic mass is 16.5. The number of carbonyl (C=O) groups is 1. The van der Waals surface area contributed by atoms with Crippen LogP contribution in [0.1, 0.15) is 189 Å². The van der Waals surface area contributed by atoms with Crippen LogP contribution in [-0.2, 0) is 9.53 Å². The Hall–Kier alpha value is -1.09. The lowest BCUT2D eigenvalue weighted by atomic mass is 9.47. The van der Waals surface area contributed by atoms with Gasteiger partial charge < -0.3 is 9.84 Å². The highest BCUT2D eigenvalue weighted by Gasteiger charge is 2.59. The molecule has 1 N–H and O–H groups in total. The SMILES string of the molecule is CCCCCCC/C=C\CC(O)CCCCCC(=O)OC1CCC2(C)C(=CCC3C2CCC2(C)C(C(C)CCCC(C)C)CCC32)C1. The van der Waals surface area contributed by atoms with Crippen molar-refractivity contribution in [3.63, 3.8) is 0 Å². The number of hydrogen-bond donors (Lipinski definition) is 1. The number of esters is 1. The van der Waals surface area contributed by atoms with E-state index in [-0.39, 0.29) is 18.2 Å². The zero-order valence-electron chi connectivity index (χ0n) is 31.9. The molecule has 0 radical (unpaired) electrons. The number of hydrogen-bond acceptors (Lipinski definition) is 3. The first kappa shape index (κ1) is 38.7. The third-order valence-electron chi connectivity index (χ3n) is 14.0. The minimum Gasteiger partial charge on any atom is -0.462 e. The van der Waals surface area contributed by atoms with Crippen LogP contribution in [0.4, 0.5) is 0 Å². The number of rotatable bonds is 20. The van der Waals surface area contributed by atoms with Gasteiger partial charge in [-0.3, -0.25) is 4.79 Å². The zero-order chi connectivity index (χ0) is 33.9. The van der Waals surface area contributed by atoms with Gasteiger partial charge in [-0.1, -0.05) is 123 Å². The summed E-state index contributed by atoms with van der Waals surface area (Å²) in [6.07, 6.45) is 33.8. The van der Waals surface area contributed by atoms with Gasteiger partial charge in [0.2, 0.25) is 0 Å². The Morgan fingerprint density at radius 2 is 1.68 bits per heavy atom. The molecule has 0 aromatic carbocycles. The van der Waals surface area contributed by atoms with Gasteiger partial charge >= 0.3 is 5.97 Å². The van der Waals surface area contributed by atoms with Crippen molar-refractivity contribution < 1.29 is 14.6 Å². The van der Waals surface area contributed by atoms with Crippen molar-refractivity contribution in [3.8, 4) is 0 Å². The maximum Gasteiger partial charge on any atom is 0.306 e. The largest absolute Gasteiger partial charge is 0.462 e. The van der Waals surface area contributed by atoms with Crippen molar-refractivity contribution in [2.24, 2.45) is 46.3 Å². The van der Waals surface area contributed by atoms with Gasteiger partial charge in [0.25, 0.3) is 0 Å². The van der Waals surface area contributed by atoms with Crippen LogP contribution >= 0.6 is 0 Å². The maximum absolute atomic E-state index is 12.8. The molecule has 3 fully saturated rings. The summed E-state index contributed by atoms with van der Waals surface area (Å²) in [5, 5.41) is 10.3. The predicted octanol–water partition coefficient (Wildman–Crippen LogP) is 12.6. The van der Waals surface area contributed by atoms with Gasteiger partial charge in [0.15, 0.2) is 0 Å². The molecule has 0 spiro atoms. The summed E-state index contributed by atoms with van der Waals surface area (Å²) < 4.78 is 6.09. The number of unbranched alkanes of at least 4 members (excludes halogenated alkanes) is 7. The Kier molecular flexibility index (Phi) is 15.5. The van der Waals surface area contributed by atoms with Crippen LogP contribution in [0.3, 0.4) is 0 Å². The van der Waals surface area contributed by atoms with E-state index in [4.69, 9.17) is 4.74 Å². The number of ether oxygens (including phenoxy) is 1. The van der Waals surface area contributed by atoms with E-state index in [2.05, 4.69) is 59.8 Å². The molecule has 4 aliphatic carbocycles. The molecule has 4 rings (SSSR count). The topological polar surface area (TPSA) is 46.5 Å². The smallest absolute Gasteiger partial charge is 0.306 e. The first-order chi connectivity index (χ1) is 22.6. The number of aliphatic hydroxyl groups excluding tert-OH is 1. The molecule has 9 atom stereocenters. The van der Waals surface area contributed by atoms with Gasteiger partial charge in [0.05, 0.1) is 6.10 Å².